The maximum absolute atomic E-state index is 12.6. The zero-order valence-electron chi connectivity index (χ0n) is 15.5. The van der Waals surface area contributed by atoms with Crippen molar-refractivity contribution in [1.29, 1.82) is 0 Å². The van der Waals surface area contributed by atoms with E-state index in [1.165, 1.54) is 44.2 Å². The molecule has 4 rings (SSSR count). The van der Waals surface area contributed by atoms with Crippen LogP contribution in [0.1, 0.15) is 42.5 Å². The number of carbonyl (C=O) groups excluding carboxylic acids is 1. The molecule has 1 amide bonds. The van der Waals surface area contributed by atoms with Gasteiger partial charge in [-0.3, -0.25) is 4.79 Å². The Balaban J connectivity index is 1.55. The van der Waals surface area contributed by atoms with Gasteiger partial charge in [-0.1, -0.05) is 19.3 Å². The summed E-state index contributed by atoms with van der Waals surface area (Å²) in [6.07, 6.45) is 6.61. The fourth-order valence-electron chi connectivity index (χ4n) is 4.56. The topological polar surface area (TPSA) is 78.6 Å². The number of nitrogens with one attached hydrogen (secondary N) is 1. The number of carbonyl (C=O) groups is 1. The molecule has 2 fully saturated rings. The van der Waals surface area contributed by atoms with Crippen LogP contribution in [-0.2, 0) is 0 Å². The molecule has 5 heteroatoms. The highest BCUT2D eigenvalue weighted by atomic mass is 16.3. The number of benzene rings is 2. The van der Waals surface area contributed by atoms with Crippen molar-refractivity contribution >= 4 is 23.0 Å². The van der Waals surface area contributed by atoms with Crippen molar-refractivity contribution in [3.05, 3.63) is 48.0 Å². The standard InChI is InChI=1S/C22H27N3O2/c23-18-7-10-21(25-12-11-15-3-1-2-4-17(15)14-25)20(13-18)24-22(27)16-5-8-19(26)9-6-16/h5-10,13,15,17,26H,1-4,11-12,14,23H2,(H,24,27). The summed E-state index contributed by atoms with van der Waals surface area (Å²) in [6.45, 7) is 2.07. The average Bonchev–Trinajstić information content (AvgIpc) is 2.68. The van der Waals surface area contributed by atoms with E-state index in [9.17, 15) is 9.90 Å². The molecule has 0 radical (unpaired) electrons. The molecule has 2 aromatic rings. The van der Waals surface area contributed by atoms with Gasteiger partial charge in [0, 0.05) is 24.3 Å². The van der Waals surface area contributed by atoms with Gasteiger partial charge in [-0.15, -0.1) is 0 Å². The van der Waals surface area contributed by atoms with Crippen molar-refractivity contribution in [2.24, 2.45) is 11.8 Å². The van der Waals surface area contributed by atoms with Gasteiger partial charge in [0.2, 0.25) is 0 Å². The monoisotopic (exact) mass is 365 g/mol. The number of hydrogen-bond donors (Lipinski definition) is 3. The smallest absolute Gasteiger partial charge is 0.255 e. The van der Waals surface area contributed by atoms with Gasteiger partial charge < -0.3 is 21.1 Å². The van der Waals surface area contributed by atoms with Gasteiger partial charge in [0.05, 0.1) is 11.4 Å². The Labute approximate surface area is 160 Å². The number of hydrogen-bond acceptors (Lipinski definition) is 4. The summed E-state index contributed by atoms with van der Waals surface area (Å²) in [5, 5.41) is 12.4. The summed E-state index contributed by atoms with van der Waals surface area (Å²) in [7, 11) is 0. The summed E-state index contributed by atoms with van der Waals surface area (Å²) in [4.78, 5) is 15.0. The molecular weight excluding hydrogens is 338 g/mol. The predicted molar refractivity (Wildman–Crippen MR) is 109 cm³/mol. The fourth-order valence-corrected chi connectivity index (χ4v) is 4.56. The highest BCUT2D eigenvalue weighted by Gasteiger charge is 2.32. The summed E-state index contributed by atoms with van der Waals surface area (Å²) < 4.78 is 0. The van der Waals surface area contributed by atoms with Crippen LogP contribution < -0.4 is 16.0 Å². The molecule has 0 spiro atoms. The maximum atomic E-state index is 12.6. The van der Waals surface area contributed by atoms with E-state index in [4.69, 9.17) is 5.73 Å². The van der Waals surface area contributed by atoms with Crippen LogP contribution in [0.2, 0.25) is 0 Å². The third kappa shape index (κ3) is 3.87. The van der Waals surface area contributed by atoms with Crippen LogP contribution in [0.4, 0.5) is 17.1 Å². The van der Waals surface area contributed by atoms with Crippen molar-refractivity contribution in [2.45, 2.75) is 32.1 Å². The number of aromatic hydroxyl groups is 1. The number of anilines is 3. The van der Waals surface area contributed by atoms with Gasteiger partial charge in [-0.05, 0) is 67.1 Å². The molecule has 27 heavy (non-hydrogen) atoms. The first-order valence-corrected chi connectivity index (χ1v) is 9.85. The number of piperidine rings is 1. The minimum Gasteiger partial charge on any atom is -0.508 e. The first-order valence-electron chi connectivity index (χ1n) is 9.85. The lowest BCUT2D eigenvalue weighted by Gasteiger charge is -2.42. The van der Waals surface area contributed by atoms with Crippen molar-refractivity contribution in [3.8, 4) is 5.75 Å². The van der Waals surface area contributed by atoms with Gasteiger partial charge >= 0.3 is 0 Å². The zero-order chi connectivity index (χ0) is 18.8. The molecule has 0 aromatic heterocycles. The molecule has 1 aliphatic heterocycles. The Morgan fingerprint density at radius 3 is 2.56 bits per heavy atom. The van der Waals surface area contributed by atoms with E-state index in [-0.39, 0.29) is 11.7 Å². The SMILES string of the molecule is Nc1ccc(N2CCC3CCCCC3C2)c(NC(=O)c2ccc(O)cc2)c1. The summed E-state index contributed by atoms with van der Waals surface area (Å²) in [5.41, 5.74) is 8.93. The van der Waals surface area contributed by atoms with Crippen LogP contribution in [0.25, 0.3) is 0 Å². The van der Waals surface area contributed by atoms with E-state index in [2.05, 4.69) is 10.2 Å². The van der Waals surface area contributed by atoms with Crippen molar-refractivity contribution < 1.29 is 9.90 Å². The van der Waals surface area contributed by atoms with E-state index in [0.29, 0.717) is 11.3 Å². The molecule has 2 atom stereocenters. The molecule has 142 valence electrons. The number of nitrogens with zero attached hydrogens (tertiary/aromatic N) is 1. The van der Waals surface area contributed by atoms with Crippen LogP contribution in [-0.4, -0.2) is 24.1 Å². The number of fused-ring (bicyclic) bond motifs is 1. The third-order valence-corrected chi connectivity index (χ3v) is 6.03. The van der Waals surface area contributed by atoms with Gasteiger partial charge in [0.1, 0.15) is 5.75 Å². The number of amides is 1. The highest BCUT2D eigenvalue weighted by Crippen LogP contribution is 2.39. The molecule has 1 heterocycles. The largest absolute Gasteiger partial charge is 0.508 e. The van der Waals surface area contributed by atoms with Crippen molar-refractivity contribution in [2.75, 3.05) is 29.0 Å². The summed E-state index contributed by atoms with van der Waals surface area (Å²) >= 11 is 0. The second kappa shape index (κ2) is 7.51. The Kier molecular flexibility index (Phi) is 4.92. The van der Waals surface area contributed by atoms with E-state index < -0.39 is 0 Å². The number of phenols is 1. The third-order valence-electron chi connectivity index (χ3n) is 6.03. The normalized spacial score (nSPS) is 22.1. The molecule has 0 bridgehead atoms. The number of nitrogen functional groups attached to an aromatic ring is 1. The van der Waals surface area contributed by atoms with E-state index in [1.807, 2.05) is 18.2 Å². The number of phenolic OH excluding ortho intramolecular Hbond substituents is 1. The fraction of sp³-hybridized carbons (Fsp3) is 0.409. The van der Waals surface area contributed by atoms with Crippen LogP contribution in [0, 0.1) is 11.8 Å². The molecular formula is C22H27N3O2. The van der Waals surface area contributed by atoms with Gasteiger partial charge in [0.25, 0.3) is 5.91 Å². The first kappa shape index (κ1) is 17.7. The molecule has 2 aliphatic rings. The maximum Gasteiger partial charge on any atom is 0.255 e. The van der Waals surface area contributed by atoms with Crippen molar-refractivity contribution in [1.82, 2.24) is 0 Å². The molecule has 5 nitrogen and oxygen atoms in total. The Bertz CT molecular complexity index is 819. The summed E-state index contributed by atoms with van der Waals surface area (Å²) in [6, 6.07) is 12.0. The lowest BCUT2D eigenvalue weighted by Crippen LogP contribution is -2.42. The van der Waals surface area contributed by atoms with E-state index in [1.54, 1.807) is 12.1 Å². The lowest BCUT2D eigenvalue weighted by molar-refractivity contribution is 0.102. The van der Waals surface area contributed by atoms with Gasteiger partial charge in [-0.25, -0.2) is 0 Å². The number of nitrogens with two attached hydrogens (primary N) is 1. The molecule has 2 aromatic carbocycles. The average molecular weight is 365 g/mol. The van der Waals surface area contributed by atoms with Crippen LogP contribution in [0.3, 0.4) is 0 Å². The molecule has 1 aliphatic carbocycles. The lowest BCUT2D eigenvalue weighted by atomic mass is 9.75. The highest BCUT2D eigenvalue weighted by molar-refractivity contribution is 6.06. The number of rotatable bonds is 3. The molecule has 2 unspecified atom stereocenters. The van der Waals surface area contributed by atoms with Crippen LogP contribution in [0.5, 0.6) is 5.75 Å². The minimum absolute atomic E-state index is 0.145. The van der Waals surface area contributed by atoms with Gasteiger partial charge in [-0.2, -0.15) is 0 Å². The van der Waals surface area contributed by atoms with Gasteiger partial charge in [0.15, 0.2) is 0 Å². The van der Waals surface area contributed by atoms with E-state index in [0.717, 1.165) is 36.3 Å². The Morgan fingerprint density at radius 1 is 1.04 bits per heavy atom. The second-order valence-corrected chi connectivity index (χ2v) is 7.82. The molecule has 1 saturated heterocycles. The summed E-state index contributed by atoms with van der Waals surface area (Å²) in [5.74, 6) is 1.56. The minimum atomic E-state index is -0.200. The molecule has 4 N–H and O–H groups in total. The quantitative estimate of drug-likeness (QED) is 0.711. The zero-order valence-corrected chi connectivity index (χ0v) is 15.5. The molecule has 1 saturated carbocycles. The van der Waals surface area contributed by atoms with Crippen LogP contribution in [0.15, 0.2) is 42.5 Å². The van der Waals surface area contributed by atoms with E-state index >= 15 is 0 Å². The van der Waals surface area contributed by atoms with Crippen LogP contribution >= 0.6 is 0 Å². The predicted octanol–water partition coefficient (Wildman–Crippen LogP) is 4.24. The Hall–Kier alpha value is -2.69. The first-order chi connectivity index (χ1) is 13.1. The second-order valence-electron chi connectivity index (χ2n) is 7.82. The Morgan fingerprint density at radius 2 is 1.78 bits per heavy atom. The van der Waals surface area contributed by atoms with Crippen molar-refractivity contribution in [3.63, 3.8) is 0 Å².